The molecule has 0 atom stereocenters. The lowest BCUT2D eigenvalue weighted by molar-refractivity contribution is 1.26. The van der Waals surface area contributed by atoms with Crippen LogP contribution in [0.1, 0.15) is 5.56 Å². The minimum atomic E-state index is 0.492. The molecule has 1 N–H and O–H groups in total. The number of nitrogens with zero attached hydrogens (tertiary/aromatic N) is 3. The van der Waals surface area contributed by atoms with Gasteiger partial charge in [0.2, 0.25) is 0 Å². The Kier molecular flexibility index (Phi) is 2.93. The first kappa shape index (κ1) is 13.4. The number of hydrogen-bond donors (Lipinski definition) is 1. The van der Waals surface area contributed by atoms with Gasteiger partial charge in [0.15, 0.2) is 0 Å². The molecule has 1 aromatic heterocycles. The predicted molar refractivity (Wildman–Crippen MR) is 99.1 cm³/mol. The van der Waals surface area contributed by atoms with Crippen LogP contribution < -0.4 is 5.32 Å². The van der Waals surface area contributed by atoms with Crippen LogP contribution in [0.3, 0.4) is 0 Å². The maximum atomic E-state index is 4.64. The highest BCUT2D eigenvalue weighted by Gasteiger charge is 2.20. The summed E-state index contributed by atoms with van der Waals surface area (Å²) in [6, 6.07) is 22.5. The minimum absolute atomic E-state index is 0.492. The second-order valence-corrected chi connectivity index (χ2v) is 6.31. The number of aromatic nitrogens is 2. The van der Waals surface area contributed by atoms with Gasteiger partial charge in [0.05, 0.1) is 0 Å². The molecule has 0 fully saturated rings. The Hall–Kier alpha value is -3.05. The zero-order chi connectivity index (χ0) is 15.9. The van der Waals surface area contributed by atoms with Gasteiger partial charge in [-0.2, -0.15) is 14.3 Å². The lowest BCUT2D eigenvalue weighted by atomic mass is 10.1. The maximum Gasteiger partial charge on any atom is 0.263 e. The third kappa shape index (κ3) is 2.10. The smallest absolute Gasteiger partial charge is 0.263 e. The highest BCUT2D eigenvalue weighted by Crippen LogP contribution is 2.34. The largest absolute Gasteiger partial charge is 0.339 e. The van der Waals surface area contributed by atoms with Crippen molar-refractivity contribution in [3.63, 3.8) is 0 Å². The Labute approximate surface area is 142 Å². The monoisotopic (exact) mass is 328 g/mol. The zero-order valence-corrected chi connectivity index (χ0v) is 13.4. The standard InChI is InChI=1S/C19H12N4S/c1-2-6-13(7-3-1)18-22-19(23-24-18)21-17-14-10-4-8-12-9-5-11-15(20-17)16(12)14/h1-11H,(H,20,21,23). The number of rotatable bonds is 2. The van der Waals surface area contributed by atoms with E-state index < -0.39 is 0 Å². The number of aliphatic imine (C=N–C) groups is 1. The average molecular weight is 328 g/mol. The molecule has 4 aromatic rings. The Morgan fingerprint density at radius 2 is 1.71 bits per heavy atom. The van der Waals surface area contributed by atoms with Crippen molar-refractivity contribution in [2.45, 2.75) is 0 Å². The molecule has 2 heterocycles. The van der Waals surface area contributed by atoms with E-state index in [1.807, 2.05) is 42.5 Å². The molecule has 114 valence electrons. The summed E-state index contributed by atoms with van der Waals surface area (Å²) in [5, 5.41) is 6.67. The van der Waals surface area contributed by atoms with Gasteiger partial charge in [0.25, 0.3) is 5.95 Å². The van der Waals surface area contributed by atoms with Crippen molar-refractivity contribution in [1.29, 1.82) is 0 Å². The van der Waals surface area contributed by atoms with Crippen molar-refractivity contribution in [1.82, 2.24) is 9.36 Å². The summed E-state index contributed by atoms with van der Waals surface area (Å²) in [5.74, 6) is 1.30. The maximum absolute atomic E-state index is 4.64. The van der Waals surface area contributed by atoms with Crippen molar-refractivity contribution in [3.8, 4) is 10.6 Å². The molecule has 0 bridgehead atoms. The van der Waals surface area contributed by atoms with E-state index in [-0.39, 0.29) is 0 Å². The summed E-state index contributed by atoms with van der Waals surface area (Å²) in [5.41, 5.74) is 3.24. The van der Waals surface area contributed by atoms with Crippen molar-refractivity contribution in [2.24, 2.45) is 4.99 Å². The van der Waals surface area contributed by atoms with E-state index in [1.54, 1.807) is 0 Å². The Bertz CT molecular complexity index is 1080. The molecular formula is C19H12N4S. The van der Waals surface area contributed by atoms with Gasteiger partial charge in [-0.05, 0) is 23.0 Å². The lowest BCUT2D eigenvalue weighted by Crippen LogP contribution is -2.06. The fourth-order valence-corrected chi connectivity index (χ4v) is 3.60. The molecule has 1 aliphatic rings. The average Bonchev–Trinajstić information content (AvgIpc) is 3.23. The van der Waals surface area contributed by atoms with E-state index >= 15 is 0 Å². The van der Waals surface area contributed by atoms with Crippen molar-refractivity contribution >= 4 is 39.8 Å². The Morgan fingerprint density at radius 1 is 0.875 bits per heavy atom. The highest BCUT2D eigenvalue weighted by molar-refractivity contribution is 7.09. The molecule has 0 aliphatic carbocycles. The molecule has 0 unspecified atom stereocenters. The van der Waals surface area contributed by atoms with Crippen molar-refractivity contribution in [3.05, 3.63) is 72.3 Å². The third-order valence-electron chi connectivity index (χ3n) is 4.06. The van der Waals surface area contributed by atoms with Crippen LogP contribution in [0.5, 0.6) is 0 Å². The number of amidine groups is 1. The second-order valence-electron chi connectivity index (χ2n) is 5.56. The van der Waals surface area contributed by atoms with Crippen LogP contribution in [0.25, 0.3) is 21.3 Å². The van der Waals surface area contributed by atoms with Gasteiger partial charge < -0.3 is 5.32 Å². The zero-order valence-electron chi connectivity index (χ0n) is 12.6. The summed E-state index contributed by atoms with van der Waals surface area (Å²) >= 11 is 1.37. The van der Waals surface area contributed by atoms with Crippen LogP contribution in [-0.4, -0.2) is 15.2 Å². The predicted octanol–water partition coefficient (Wildman–Crippen LogP) is 4.86. The van der Waals surface area contributed by atoms with E-state index in [1.165, 1.54) is 22.3 Å². The molecule has 24 heavy (non-hydrogen) atoms. The van der Waals surface area contributed by atoms with Crippen LogP contribution in [0, 0.1) is 0 Å². The second kappa shape index (κ2) is 5.25. The van der Waals surface area contributed by atoms with Crippen LogP contribution >= 0.6 is 11.5 Å². The molecule has 0 amide bonds. The summed E-state index contributed by atoms with van der Waals surface area (Å²) in [6.07, 6.45) is 0. The number of hydrogen-bond acceptors (Lipinski definition) is 4. The van der Waals surface area contributed by atoms with E-state index in [4.69, 9.17) is 0 Å². The molecule has 5 rings (SSSR count). The molecule has 1 aliphatic heterocycles. The fraction of sp³-hybridized carbons (Fsp3) is 0. The van der Waals surface area contributed by atoms with Gasteiger partial charge in [0.1, 0.15) is 10.8 Å². The third-order valence-corrected chi connectivity index (χ3v) is 4.82. The molecule has 0 saturated heterocycles. The molecule has 4 nitrogen and oxygen atoms in total. The topological polar surface area (TPSA) is 50.2 Å². The molecule has 0 radical (unpaired) electrons. The summed E-state index contributed by atoms with van der Waals surface area (Å²) in [6.45, 7) is 0. The number of benzene rings is 3. The van der Waals surface area contributed by atoms with E-state index in [2.05, 4.69) is 43.9 Å². The van der Waals surface area contributed by atoms with Gasteiger partial charge in [-0.1, -0.05) is 60.7 Å². The van der Waals surface area contributed by atoms with Gasteiger partial charge in [-0.3, -0.25) is 0 Å². The van der Waals surface area contributed by atoms with E-state index in [9.17, 15) is 0 Å². The first-order valence-electron chi connectivity index (χ1n) is 7.65. The Balaban J connectivity index is 1.57. The normalized spacial score (nSPS) is 14.2. The summed E-state index contributed by atoms with van der Waals surface area (Å²) in [7, 11) is 0. The number of anilines is 1. The Morgan fingerprint density at radius 3 is 2.58 bits per heavy atom. The molecule has 0 spiro atoms. The quantitative estimate of drug-likeness (QED) is 0.571. The molecule has 0 saturated carbocycles. The van der Waals surface area contributed by atoms with Gasteiger partial charge >= 0.3 is 0 Å². The van der Waals surface area contributed by atoms with Crippen LogP contribution in [0.4, 0.5) is 11.6 Å². The molecule has 5 heteroatoms. The summed E-state index contributed by atoms with van der Waals surface area (Å²) < 4.78 is 4.39. The van der Waals surface area contributed by atoms with E-state index in [0.717, 1.165) is 27.7 Å². The highest BCUT2D eigenvalue weighted by atomic mass is 32.1. The van der Waals surface area contributed by atoms with Crippen LogP contribution in [-0.2, 0) is 0 Å². The molecule has 3 aromatic carbocycles. The van der Waals surface area contributed by atoms with Gasteiger partial charge in [-0.25, -0.2) is 0 Å². The lowest BCUT2D eigenvalue weighted by Gasteiger charge is -1.98. The fourth-order valence-electron chi connectivity index (χ4n) is 2.98. The van der Waals surface area contributed by atoms with Gasteiger partial charge in [0, 0.05) is 22.2 Å². The van der Waals surface area contributed by atoms with Crippen molar-refractivity contribution < 1.29 is 0 Å². The van der Waals surface area contributed by atoms with Gasteiger partial charge in [-0.15, -0.1) is 0 Å². The van der Waals surface area contributed by atoms with Crippen LogP contribution in [0.2, 0.25) is 0 Å². The SMILES string of the molecule is c1ccc(-c2nc(/N=C3\Nc4cccc5cccc3c45)ns2)cc1. The van der Waals surface area contributed by atoms with E-state index in [0.29, 0.717) is 5.95 Å². The van der Waals surface area contributed by atoms with Crippen LogP contribution in [0.15, 0.2) is 71.7 Å². The first-order valence-corrected chi connectivity index (χ1v) is 8.43. The molecular weight excluding hydrogens is 316 g/mol. The number of nitrogens with one attached hydrogen (secondary N) is 1. The van der Waals surface area contributed by atoms with Crippen molar-refractivity contribution in [2.75, 3.05) is 5.32 Å². The summed E-state index contributed by atoms with van der Waals surface area (Å²) in [4.78, 5) is 9.19. The first-order chi connectivity index (χ1) is 11.9. The minimum Gasteiger partial charge on any atom is -0.339 e.